The lowest BCUT2D eigenvalue weighted by Gasteiger charge is -1.99. The Bertz CT molecular complexity index is 343. The third-order valence-corrected chi connectivity index (χ3v) is 1.18. The van der Waals surface area contributed by atoms with Crippen molar-refractivity contribution in [3.8, 4) is 11.8 Å². The van der Waals surface area contributed by atoms with Crippen LogP contribution in [0.1, 0.15) is 5.56 Å². The molecule has 0 aromatic heterocycles. The summed E-state index contributed by atoms with van der Waals surface area (Å²) in [5.41, 5.74) is 0.425. The molecule has 0 aliphatic heterocycles. The number of carbonyl (C=O) groups excluding carboxylic acids is 1. The van der Waals surface area contributed by atoms with E-state index >= 15 is 0 Å². The summed E-state index contributed by atoms with van der Waals surface area (Å²) in [4.78, 5) is 10.3. The first-order chi connectivity index (χ1) is 5.72. The van der Waals surface area contributed by atoms with Gasteiger partial charge in [-0.1, -0.05) is 6.07 Å². The molecule has 0 spiro atoms. The van der Waals surface area contributed by atoms with Gasteiger partial charge in [-0.2, -0.15) is 5.26 Å². The molecule has 0 fully saturated rings. The Morgan fingerprint density at radius 1 is 1.58 bits per heavy atom. The molecule has 12 heavy (non-hydrogen) atoms. The summed E-state index contributed by atoms with van der Waals surface area (Å²) in [6.07, 6.45) is 0. The third-order valence-electron chi connectivity index (χ3n) is 1.18. The molecule has 3 nitrogen and oxygen atoms in total. The first-order valence-corrected chi connectivity index (χ1v) is 3.20. The Morgan fingerprint density at radius 3 is 2.92 bits per heavy atom. The Balaban J connectivity index is 2.88. The highest BCUT2D eigenvalue weighted by atomic mass is 16.5. The number of benzene rings is 1. The van der Waals surface area contributed by atoms with Gasteiger partial charge in [0.05, 0.1) is 11.6 Å². The van der Waals surface area contributed by atoms with Crippen LogP contribution in [0.15, 0.2) is 24.3 Å². The number of hydrogen-bond donors (Lipinski definition) is 0. The molecule has 0 saturated heterocycles. The molecule has 1 aromatic carbocycles. The lowest BCUT2D eigenvalue weighted by atomic mass is 10.2. The van der Waals surface area contributed by atoms with Crippen molar-refractivity contribution >= 4 is 13.7 Å². The van der Waals surface area contributed by atoms with Crippen molar-refractivity contribution < 1.29 is 9.53 Å². The zero-order valence-electron chi connectivity index (χ0n) is 6.15. The van der Waals surface area contributed by atoms with Gasteiger partial charge >= 0.3 is 0 Å². The van der Waals surface area contributed by atoms with Gasteiger partial charge in [-0.15, -0.1) is 0 Å². The second-order valence-electron chi connectivity index (χ2n) is 2.06. The number of nitrogens with zero attached hydrogens (tertiary/aromatic N) is 1. The quantitative estimate of drug-likeness (QED) is 0.575. The molecule has 0 atom stereocenters. The fourth-order valence-electron chi connectivity index (χ4n) is 0.745. The molecule has 1 rings (SSSR count). The number of nitriles is 1. The van der Waals surface area contributed by atoms with Crippen molar-refractivity contribution in [3.63, 3.8) is 0 Å². The third kappa shape index (κ3) is 2.13. The van der Waals surface area contributed by atoms with E-state index < -0.39 is 5.87 Å². The SMILES string of the molecule is [B]C(=O)Oc1cccc(C#N)c1. The summed E-state index contributed by atoms with van der Waals surface area (Å²) < 4.78 is 4.54. The average Bonchev–Trinajstić information content (AvgIpc) is 2.03. The molecular weight excluding hydrogens is 153 g/mol. The van der Waals surface area contributed by atoms with Crippen LogP contribution in [0.3, 0.4) is 0 Å². The summed E-state index contributed by atoms with van der Waals surface area (Å²) in [6.45, 7) is 0. The number of ether oxygens (including phenoxy) is 1. The van der Waals surface area contributed by atoms with Crippen LogP contribution in [0.5, 0.6) is 5.75 Å². The van der Waals surface area contributed by atoms with Gasteiger partial charge in [-0.05, 0) is 18.2 Å². The number of carbonyl (C=O) groups is 1. The number of hydrogen-bond acceptors (Lipinski definition) is 3. The summed E-state index contributed by atoms with van der Waals surface area (Å²) in [5, 5.41) is 8.47. The van der Waals surface area contributed by atoms with Crippen LogP contribution in [-0.2, 0) is 0 Å². The van der Waals surface area contributed by atoms with E-state index in [0.717, 1.165) is 0 Å². The number of rotatable bonds is 1. The van der Waals surface area contributed by atoms with Crippen molar-refractivity contribution in [2.75, 3.05) is 0 Å². The second kappa shape index (κ2) is 3.58. The molecule has 1 aromatic rings. The smallest absolute Gasteiger partial charge is 0.241 e. The highest BCUT2D eigenvalue weighted by Gasteiger charge is 1.97. The van der Waals surface area contributed by atoms with Crippen molar-refractivity contribution in [1.82, 2.24) is 0 Å². The molecule has 2 radical (unpaired) electrons. The maximum atomic E-state index is 10.3. The van der Waals surface area contributed by atoms with Crippen molar-refractivity contribution in [2.45, 2.75) is 0 Å². The lowest BCUT2D eigenvalue weighted by Crippen LogP contribution is -2.03. The zero-order valence-corrected chi connectivity index (χ0v) is 6.15. The fraction of sp³-hybridized carbons (Fsp3) is 0. The minimum atomic E-state index is -0.884. The maximum Gasteiger partial charge on any atom is 0.241 e. The first-order valence-electron chi connectivity index (χ1n) is 3.20. The van der Waals surface area contributed by atoms with Gasteiger partial charge in [-0.25, -0.2) is 0 Å². The molecule has 0 N–H and O–H groups in total. The minimum absolute atomic E-state index is 0.279. The molecule has 0 amide bonds. The van der Waals surface area contributed by atoms with Crippen LogP contribution in [0.2, 0.25) is 0 Å². The van der Waals surface area contributed by atoms with Crippen molar-refractivity contribution in [1.29, 1.82) is 5.26 Å². The van der Waals surface area contributed by atoms with E-state index in [1.165, 1.54) is 6.07 Å². The van der Waals surface area contributed by atoms with Gasteiger partial charge in [0.25, 0.3) is 0 Å². The van der Waals surface area contributed by atoms with Gasteiger partial charge in [0, 0.05) is 0 Å². The van der Waals surface area contributed by atoms with Gasteiger partial charge in [0.15, 0.2) is 0 Å². The topological polar surface area (TPSA) is 50.1 Å². The summed E-state index contributed by atoms with van der Waals surface area (Å²) in [6, 6.07) is 8.10. The molecule has 0 saturated carbocycles. The predicted octanol–water partition coefficient (Wildman–Crippen LogP) is 1.23. The zero-order chi connectivity index (χ0) is 8.97. The second-order valence-corrected chi connectivity index (χ2v) is 2.06. The molecule has 0 unspecified atom stereocenters. The molecule has 56 valence electrons. The summed E-state index contributed by atoms with van der Waals surface area (Å²) >= 11 is 0. The van der Waals surface area contributed by atoms with E-state index in [2.05, 4.69) is 4.74 Å². The van der Waals surface area contributed by atoms with Gasteiger partial charge in [0.2, 0.25) is 13.7 Å². The van der Waals surface area contributed by atoms with E-state index in [-0.39, 0.29) is 5.75 Å². The Kier molecular flexibility index (Phi) is 2.49. The molecule has 0 bridgehead atoms. The van der Waals surface area contributed by atoms with Crippen LogP contribution in [-0.4, -0.2) is 13.7 Å². The predicted molar refractivity (Wildman–Crippen MR) is 42.9 cm³/mol. The standard InChI is InChI=1S/C8H4BNO2/c9-8(11)12-7-3-1-2-6(4-7)5-10/h1-4H. The fourth-order valence-corrected chi connectivity index (χ4v) is 0.745. The molecule has 0 heterocycles. The van der Waals surface area contributed by atoms with E-state index in [4.69, 9.17) is 13.1 Å². The monoisotopic (exact) mass is 157 g/mol. The van der Waals surface area contributed by atoms with E-state index in [9.17, 15) is 4.79 Å². The van der Waals surface area contributed by atoms with Crippen LogP contribution in [0.25, 0.3) is 0 Å². The van der Waals surface area contributed by atoms with E-state index in [1.54, 1.807) is 18.2 Å². The van der Waals surface area contributed by atoms with Gasteiger partial charge < -0.3 is 4.74 Å². The Hall–Kier alpha value is -1.76. The van der Waals surface area contributed by atoms with Gasteiger partial charge in [-0.3, -0.25) is 4.79 Å². The molecular formula is C8H4BNO2. The summed E-state index contributed by atoms with van der Waals surface area (Å²) in [5.74, 6) is -0.605. The van der Waals surface area contributed by atoms with Crippen LogP contribution >= 0.6 is 0 Å². The normalized spacial score (nSPS) is 8.58. The first kappa shape index (κ1) is 8.34. The largest absolute Gasteiger partial charge is 0.436 e. The Morgan fingerprint density at radius 2 is 2.33 bits per heavy atom. The van der Waals surface area contributed by atoms with Crippen molar-refractivity contribution in [3.05, 3.63) is 29.8 Å². The average molecular weight is 157 g/mol. The Labute approximate surface area is 71.0 Å². The highest BCUT2D eigenvalue weighted by molar-refractivity contribution is 6.55. The van der Waals surface area contributed by atoms with E-state index in [1.807, 2.05) is 6.07 Å². The summed E-state index contributed by atoms with van der Waals surface area (Å²) in [7, 11) is 4.77. The van der Waals surface area contributed by atoms with Gasteiger partial charge in [0.1, 0.15) is 5.75 Å². The lowest BCUT2D eigenvalue weighted by molar-refractivity contribution is 0.225. The molecule has 4 heteroatoms. The molecule has 0 aliphatic carbocycles. The van der Waals surface area contributed by atoms with Crippen LogP contribution in [0, 0.1) is 11.3 Å². The van der Waals surface area contributed by atoms with E-state index in [0.29, 0.717) is 5.56 Å². The van der Waals surface area contributed by atoms with Crippen molar-refractivity contribution in [2.24, 2.45) is 0 Å². The van der Waals surface area contributed by atoms with Crippen LogP contribution in [0.4, 0.5) is 4.79 Å². The minimum Gasteiger partial charge on any atom is -0.436 e. The maximum absolute atomic E-state index is 10.3. The highest BCUT2D eigenvalue weighted by Crippen LogP contribution is 2.12. The van der Waals surface area contributed by atoms with Crippen LogP contribution < -0.4 is 4.74 Å². The molecule has 0 aliphatic rings.